The normalized spacial score (nSPS) is 27.9. The van der Waals surface area contributed by atoms with Crippen molar-refractivity contribution in [1.82, 2.24) is 29.7 Å². The van der Waals surface area contributed by atoms with Crippen molar-refractivity contribution < 1.29 is 9.47 Å². The van der Waals surface area contributed by atoms with E-state index in [1.807, 2.05) is 22.7 Å². The molecule has 0 aromatic carbocycles. The quantitative estimate of drug-likeness (QED) is 0.220. The van der Waals surface area contributed by atoms with E-state index in [2.05, 4.69) is 39.2 Å². The summed E-state index contributed by atoms with van der Waals surface area (Å²) < 4.78 is 12.1. The Morgan fingerprint density at radius 1 is 0.875 bits per heavy atom. The minimum Gasteiger partial charge on any atom is -0.477 e. The third-order valence-electron chi connectivity index (χ3n) is 12.1. The SMILES string of the molecule is CN(C)[C@H]1CC[C@H](COc2ncnc3sc4c(c23)CC(c2nc(N[C@H]3CC[C@H](N5CCOCC5)CC3)c3c5c(sc3n2)CCC5)C4)CC1. The molecule has 4 aromatic rings. The molecule has 3 fully saturated rings. The van der Waals surface area contributed by atoms with Crippen molar-refractivity contribution in [3.8, 4) is 5.88 Å². The number of rotatable bonds is 8. The van der Waals surface area contributed by atoms with Gasteiger partial charge in [0.25, 0.3) is 0 Å². The molecular formula is C37H49N7O2S2. The molecule has 4 aliphatic carbocycles. The summed E-state index contributed by atoms with van der Waals surface area (Å²) in [6, 6.07) is 1.86. The van der Waals surface area contributed by atoms with Crippen molar-refractivity contribution in [3.05, 3.63) is 33.0 Å². The molecule has 1 N–H and O–H groups in total. The van der Waals surface area contributed by atoms with E-state index in [4.69, 9.17) is 19.4 Å². The second kappa shape index (κ2) is 13.4. The number of ether oxygens (including phenoxy) is 2. The predicted octanol–water partition coefficient (Wildman–Crippen LogP) is 6.62. The lowest BCUT2D eigenvalue weighted by Crippen LogP contribution is -2.46. The largest absolute Gasteiger partial charge is 0.477 e. The lowest BCUT2D eigenvalue weighted by Gasteiger charge is -2.39. The van der Waals surface area contributed by atoms with E-state index < -0.39 is 0 Å². The molecule has 48 heavy (non-hydrogen) atoms. The maximum Gasteiger partial charge on any atom is 0.225 e. The van der Waals surface area contributed by atoms with Crippen LogP contribution in [-0.4, -0.2) is 94.9 Å². The van der Waals surface area contributed by atoms with Gasteiger partial charge in [-0.2, -0.15) is 0 Å². The molecule has 256 valence electrons. The first kappa shape index (κ1) is 31.5. The Morgan fingerprint density at radius 2 is 1.69 bits per heavy atom. The van der Waals surface area contributed by atoms with Crippen LogP contribution in [0.1, 0.15) is 90.4 Å². The Morgan fingerprint density at radius 3 is 2.50 bits per heavy atom. The number of nitrogens with one attached hydrogen (secondary N) is 1. The summed E-state index contributed by atoms with van der Waals surface area (Å²) in [4.78, 5) is 30.3. The summed E-state index contributed by atoms with van der Waals surface area (Å²) in [5, 5.41) is 6.46. The predicted molar refractivity (Wildman–Crippen MR) is 194 cm³/mol. The van der Waals surface area contributed by atoms with E-state index in [1.165, 1.54) is 95.3 Å². The third-order valence-corrected chi connectivity index (χ3v) is 14.4. The molecule has 9 nitrogen and oxygen atoms in total. The average Bonchev–Trinajstić information content (AvgIpc) is 3.89. The lowest BCUT2D eigenvalue weighted by atomic mass is 9.86. The fraction of sp³-hybridized carbons (Fsp3) is 0.676. The second-order valence-corrected chi connectivity index (χ2v) is 17.4. The number of hydrogen-bond donors (Lipinski definition) is 1. The number of hydrogen-bond acceptors (Lipinski definition) is 11. The van der Waals surface area contributed by atoms with Crippen LogP contribution in [0.2, 0.25) is 0 Å². The van der Waals surface area contributed by atoms with Crippen LogP contribution in [0.25, 0.3) is 20.4 Å². The summed E-state index contributed by atoms with van der Waals surface area (Å²) in [6.45, 7) is 4.67. The summed E-state index contributed by atoms with van der Waals surface area (Å²) in [5.74, 6) is 3.73. The number of morpholine rings is 1. The highest BCUT2D eigenvalue weighted by molar-refractivity contribution is 7.19. The molecule has 0 spiro atoms. The summed E-state index contributed by atoms with van der Waals surface area (Å²) >= 11 is 3.73. The second-order valence-electron chi connectivity index (χ2n) is 15.2. The molecule has 1 aliphatic heterocycles. The number of nitrogens with zero attached hydrogens (tertiary/aromatic N) is 6. The maximum atomic E-state index is 6.51. The van der Waals surface area contributed by atoms with E-state index in [0.29, 0.717) is 24.0 Å². The van der Waals surface area contributed by atoms with Crippen molar-refractivity contribution in [2.45, 2.75) is 108 Å². The van der Waals surface area contributed by atoms with E-state index in [1.54, 1.807) is 6.33 Å². The average molecular weight is 688 g/mol. The highest BCUT2D eigenvalue weighted by atomic mass is 32.1. The van der Waals surface area contributed by atoms with E-state index in [0.717, 1.165) is 79.9 Å². The van der Waals surface area contributed by atoms with Gasteiger partial charge in [-0.3, -0.25) is 4.90 Å². The van der Waals surface area contributed by atoms with Gasteiger partial charge in [-0.1, -0.05) is 0 Å². The molecular weight excluding hydrogens is 639 g/mol. The van der Waals surface area contributed by atoms with Crippen molar-refractivity contribution in [1.29, 1.82) is 0 Å². The van der Waals surface area contributed by atoms with Gasteiger partial charge in [0.2, 0.25) is 5.88 Å². The molecule has 1 saturated heterocycles. The summed E-state index contributed by atoms with van der Waals surface area (Å²) in [7, 11) is 4.41. The molecule has 5 aliphatic rings. The van der Waals surface area contributed by atoms with Gasteiger partial charge in [-0.25, -0.2) is 19.9 Å². The number of anilines is 1. The van der Waals surface area contributed by atoms with Gasteiger partial charge in [-0.15, -0.1) is 22.7 Å². The van der Waals surface area contributed by atoms with Gasteiger partial charge in [0.15, 0.2) is 0 Å². The lowest BCUT2D eigenvalue weighted by molar-refractivity contribution is 0.00791. The van der Waals surface area contributed by atoms with Gasteiger partial charge in [-0.05, 0) is 115 Å². The molecule has 9 rings (SSSR count). The van der Waals surface area contributed by atoms with Crippen LogP contribution in [0.5, 0.6) is 5.88 Å². The number of fused-ring (bicyclic) bond motifs is 6. The van der Waals surface area contributed by atoms with Crippen LogP contribution >= 0.6 is 22.7 Å². The van der Waals surface area contributed by atoms with E-state index >= 15 is 0 Å². The van der Waals surface area contributed by atoms with Gasteiger partial charge in [0.1, 0.15) is 27.6 Å². The molecule has 1 atom stereocenters. The van der Waals surface area contributed by atoms with Gasteiger partial charge < -0.3 is 19.7 Å². The molecule has 0 radical (unpaired) electrons. The van der Waals surface area contributed by atoms with Crippen LogP contribution in [0.4, 0.5) is 5.82 Å². The Labute approximate surface area is 291 Å². The molecule has 4 aromatic heterocycles. The molecule has 0 amide bonds. The topological polar surface area (TPSA) is 88.5 Å². The van der Waals surface area contributed by atoms with Crippen molar-refractivity contribution in [3.63, 3.8) is 0 Å². The van der Waals surface area contributed by atoms with Crippen LogP contribution in [-0.2, 0) is 30.4 Å². The highest BCUT2D eigenvalue weighted by Crippen LogP contribution is 2.46. The van der Waals surface area contributed by atoms with Crippen molar-refractivity contribution in [2.75, 3.05) is 52.3 Å². The number of aromatic nitrogens is 4. The third kappa shape index (κ3) is 6.01. The molecule has 5 heterocycles. The smallest absolute Gasteiger partial charge is 0.225 e. The summed E-state index contributed by atoms with van der Waals surface area (Å²) in [5.41, 5.74) is 2.87. The zero-order valence-electron chi connectivity index (χ0n) is 28.5. The first-order chi connectivity index (χ1) is 23.6. The number of aryl methyl sites for hydroxylation is 2. The van der Waals surface area contributed by atoms with Crippen LogP contribution in [0.15, 0.2) is 6.33 Å². The Bertz CT molecular complexity index is 1770. The van der Waals surface area contributed by atoms with Gasteiger partial charge in [0, 0.05) is 46.9 Å². The van der Waals surface area contributed by atoms with Gasteiger partial charge in [0.05, 0.1) is 30.6 Å². The first-order valence-corrected chi connectivity index (χ1v) is 20.2. The first-order valence-electron chi connectivity index (χ1n) is 18.5. The Kier molecular flexibility index (Phi) is 8.78. The minimum atomic E-state index is 0.268. The monoisotopic (exact) mass is 687 g/mol. The maximum absolute atomic E-state index is 6.51. The molecule has 11 heteroatoms. The zero-order valence-corrected chi connectivity index (χ0v) is 30.1. The minimum absolute atomic E-state index is 0.268. The van der Waals surface area contributed by atoms with Crippen LogP contribution < -0.4 is 10.1 Å². The highest BCUT2D eigenvalue weighted by Gasteiger charge is 2.34. The van der Waals surface area contributed by atoms with Gasteiger partial charge >= 0.3 is 0 Å². The van der Waals surface area contributed by atoms with Crippen molar-refractivity contribution in [2.24, 2.45) is 5.92 Å². The fourth-order valence-electron chi connectivity index (χ4n) is 9.27. The molecule has 2 saturated carbocycles. The van der Waals surface area contributed by atoms with Crippen molar-refractivity contribution >= 4 is 48.9 Å². The molecule has 0 bridgehead atoms. The summed E-state index contributed by atoms with van der Waals surface area (Å²) in [6.07, 6.45) is 17.0. The van der Waals surface area contributed by atoms with Crippen LogP contribution in [0.3, 0.4) is 0 Å². The number of thiophene rings is 2. The Hall–Kier alpha value is -2.44. The zero-order chi connectivity index (χ0) is 32.2. The van der Waals surface area contributed by atoms with E-state index in [9.17, 15) is 0 Å². The van der Waals surface area contributed by atoms with Crippen LogP contribution in [0, 0.1) is 5.92 Å². The fourth-order valence-corrected chi connectivity index (χ4v) is 11.8. The standard InChI is InChI=1S/C37H49N7O2S2/c1-43(2)25-10-6-22(7-11-25)20-46-35-32-28-18-23(19-30(28)48-36(32)39-21-38-35)33-41-34(31-27-4-3-5-29(27)47-37(31)42-33)40-24-8-12-26(13-9-24)44-14-16-45-17-15-44/h21-26H,3-20H2,1-2H3,(H,40,41,42)/t22-,23?,24-,25-,26-. The van der Waals surface area contributed by atoms with E-state index in [-0.39, 0.29) is 5.92 Å². The molecule has 1 unspecified atom stereocenters. The Balaban J connectivity index is 0.937.